The highest BCUT2D eigenvalue weighted by Crippen LogP contribution is 2.17. The van der Waals surface area contributed by atoms with E-state index in [1.54, 1.807) is 12.4 Å². The van der Waals surface area contributed by atoms with E-state index >= 15 is 0 Å². The summed E-state index contributed by atoms with van der Waals surface area (Å²) in [6, 6.07) is 2.31. The Morgan fingerprint density at radius 1 is 1.25 bits per heavy atom. The minimum Gasteiger partial charge on any atom is -0.336 e. The Kier molecular flexibility index (Phi) is 3.72. The van der Waals surface area contributed by atoms with E-state index in [0.717, 1.165) is 50.4 Å². The molecule has 0 aromatic carbocycles. The first-order valence-electron chi connectivity index (χ1n) is 7.27. The fraction of sp³-hybridized carbons (Fsp3) is 0.600. The Hall–Kier alpha value is -1.46. The summed E-state index contributed by atoms with van der Waals surface area (Å²) >= 11 is 0. The highest BCUT2D eigenvalue weighted by molar-refractivity contribution is 5.95. The van der Waals surface area contributed by atoms with E-state index in [-0.39, 0.29) is 5.91 Å². The van der Waals surface area contributed by atoms with Gasteiger partial charge in [0, 0.05) is 63.3 Å². The maximum atomic E-state index is 12.6. The van der Waals surface area contributed by atoms with E-state index < -0.39 is 0 Å². The molecule has 2 saturated heterocycles. The minimum absolute atomic E-state index is 0.151. The summed E-state index contributed by atoms with van der Waals surface area (Å²) < 4.78 is 0. The molecule has 2 aliphatic rings. The van der Waals surface area contributed by atoms with Crippen molar-refractivity contribution in [2.45, 2.75) is 13.0 Å². The average Bonchev–Trinajstić information content (AvgIpc) is 2.46. The maximum absolute atomic E-state index is 12.6. The van der Waals surface area contributed by atoms with Gasteiger partial charge < -0.3 is 9.80 Å². The van der Waals surface area contributed by atoms with E-state index in [1.165, 1.54) is 0 Å². The van der Waals surface area contributed by atoms with Crippen molar-refractivity contribution in [1.82, 2.24) is 19.7 Å². The molecule has 20 heavy (non-hydrogen) atoms. The van der Waals surface area contributed by atoms with Crippen LogP contribution in [0.15, 0.2) is 18.5 Å². The number of fused-ring (bicyclic) bond motifs is 1. The zero-order chi connectivity index (χ0) is 14.1. The number of likely N-dealkylation sites (N-methyl/N-ethyl adjacent to an activating group) is 1. The number of hydrogen-bond donors (Lipinski definition) is 0. The number of nitrogens with zero attached hydrogens (tertiary/aromatic N) is 4. The normalized spacial score (nSPS) is 24.5. The molecule has 0 bridgehead atoms. The first kappa shape index (κ1) is 13.5. The summed E-state index contributed by atoms with van der Waals surface area (Å²) in [5, 5.41) is 0. The van der Waals surface area contributed by atoms with Gasteiger partial charge in [-0.1, -0.05) is 0 Å². The zero-order valence-electron chi connectivity index (χ0n) is 12.2. The van der Waals surface area contributed by atoms with Gasteiger partial charge in [-0.05, 0) is 25.6 Å². The van der Waals surface area contributed by atoms with Crippen molar-refractivity contribution in [1.29, 1.82) is 0 Å². The number of carbonyl (C=O) groups is 1. The van der Waals surface area contributed by atoms with Crippen LogP contribution in [-0.4, -0.2) is 77.9 Å². The summed E-state index contributed by atoms with van der Waals surface area (Å²) in [7, 11) is 2.16. The summed E-state index contributed by atoms with van der Waals surface area (Å²) in [5.74, 6) is 0.151. The molecule has 1 aromatic heterocycles. The molecule has 0 N–H and O–H groups in total. The van der Waals surface area contributed by atoms with Crippen molar-refractivity contribution in [3.63, 3.8) is 0 Å². The van der Waals surface area contributed by atoms with Crippen molar-refractivity contribution in [3.05, 3.63) is 29.6 Å². The molecule has 1 amide bonds. The lowest BCUT2D eigenvalue weighted by Crippen LogP contribution is -2.62. The highest BCUT2D eigenvalue weighted by atomic mass is 16.2. The Morgan fingerprint density at radius 2 is 2.05 bits per heavy atom. The van der Waals surface area contributed by atoms with Gasteiger partial charge in [0.1, 0.15) is 0 Å². The van der Waals surface area contributed by atoms with Gasteiger partial charge in [0.15, 0.2) is 0 Å². The van der Waals surface area contributed by atoms with Gasteiger partial charge in [0.25, 0.3) is 5.91 Å². The second-order valence-corrected chi connectivity index (χ2v) is 5.89. The molecule has 1 unspecified atom stereocenters. The number of rotatable bonds is 1. The van der Waals surface area contributed by atoms with Crippen LogP contribution >= 0.6 is 0 Å². The number of carbonyl (C=O) groups excluding carboxylic acids is 1. The Bertz CT molecular complexity index is 504. The molecule has 0 radical (unpaired) electrons. The summed E-state index contributed by atoms with van der Waals surface area (Å²) in [6.07, 6.45) is 3.46. The standard InChI is InChI=1S/C15H22N4O/c1-12-9-16-4-3-14(12)15(20)19-8-7-18-6-5-17(2)10-13(18)11-19/h3-4,9,13H,5-8,10-11H2,1-2H3. The maximum Gasteiger partial charge on any atom is 0.254 e. The largest absolute Gasteiger partial charge is 0.336 e. The van der Waals surface area contributed by atoms with E-state index in [9.17, 15) is 4.79 Å². The van der Waals surface area contributed by atoms with Gasteiger partial charge in [-0.2, -0.15) is 0 Å². The van der Waals surface area contributed by atoms with E-state index in [2.05, 4.69) is 21.8 Å². The van der Waals surface area contributed by atoms with E-state index in [4.69, 9.17) is 0 Å². The quantitative estimate of drug-likeness (QED) is 0.746. The average molecular weight is 274 g/mol. The molecule has 108 valence electrons. The van der Waals surface area contributed by atoms with Gasteiger partial charge in [-0.15, -0.1) is 0 Å². The molecule has 0 aliphatic carbocycles. The molecular weight excluding hydrogens is 252 g/mol. The Balaban J connectivity index is 1.72. The monoisotopic (exact) mass is 274 g/mol. The van der Waals surface area contributed by atoms with Crippen molar-refractivity contribution in [2.24, 2.45) is 0 Å². The van der Waals surface area contributed by atoms with Crippen LogP contribution in [0.1, 0.15) is 15.9 Å². The fourth-order valence-electron chi connectivity index (χ4n) is 3.18. The Morgan fingerprint density at radius 3 is 2.85 bits per heavy atom. The lowest BCUT2D eigenvalue weighted by atomic mass is 10.1. The summed E-state index contributed by atoms with van der Waals surface area (Å²) in [6.45, 7) is 7.93. The van der Waals surface area contributed by atoms with Crippen LogP contribution in [0.2, 0.25) is 0 Å². The molecule has 1 aromatic rings. The lowest BCUT2D eigenvalue weighted by Gasteiger charge is -2.46. The second kappa shape index (κ2) is 5.50. The first-order valence-corrected chi connectivity index (χ1v) is 7.27. The van der Waals surface area contributed by atoms with Gasteiger partial charge in [-0.3, -0.25) is 14.7 Å². The summed E-state index contributed by atoms with van der Waals surface area (Å²) in [4.78, 5) is 23.6. The number of pyridine rings is 1. The SMILES string of the molecule is Cc1cnccc1C(=O)N1CCN2CCN(C)CC2C1. The van der Waals surface area contributed by atoms with Crippen LogP contribution in [0.25, 0.3) is 0 Å². The third-order valence-corrected chi connectivity index (χ3v) is 4.43. The van der Waals surface area contributed by atoms with Crippen molar-refractivity contribution in [2.75, 3.05) is 46.3 Å². The molecular formula is C15H22N4O. The van der Waals surface area contributed by atoms with Crippen LogP contribution in [0.4, 0.5) is 0 Å². The summed E-state index contributed by atoms with van der Waals surface area (Å²) in [5.41, 5.74) is 1.75. The molecule has 1 atom stereocenters. The predicted octanol–water partition coefficient (Wildman–Crippen LogP) is 0.462. The Labute approximate surface area is 120 Å². The van der Waals surface area contributed by atoms with Crippen LogP contribution < -0.4 is 0 Å². The van der Waals surface area contributed by atoms with Crippen molar-refractivity contribution in [3.8, 4) is 0 Å². The number of aromatic nitrogens is 1. The van der Waals surface area contributed by atoms with Gasteiger partial charge in [0.2, 0.25) is 0 Å². The predicted molar refractivity (Wildman–Crippen MR) is 77.7 cm³/mol. The number of amides is 1. The van der Waals surface area contributed by atoms with E-state index in [1.807, 2.05) is 17.9 Å². The topological polar surface area (TPSA) is 39.7 Å². The lowest BCUT2D eigenvalue weighted by molar-refractivity contribution is 0.0189. The van der Waals surface area contributed by atoms with Crippen molar-refractivity contribution >= 4 is 5.91 Å². The molecule has 2 fully saturated rings. The smallest absolute Gasteiger partial charge is 0.254 e. The molecule has 0 spiro atoms. The van der Waals surface area contributed by atoms with Gasteiger partial charge >= 0.3 is 0 Å². The minimum atomic E-state index is 0.151. The van der Waals surface area contributed by atoms with Gasteiger partial charge in [-0.25, -0.2) is 0 Å². The molecule has 2 aliphatic heterocycles. The van der Waals surface area contributed by atoms with Crippen LogP contribution in [0, 0.1) is 6.92 Å². The highest BCUT2D eigenvalue weighted by Gasteiger charge is 2.33. The van der Waals surface area contributed by atoms with E-state index in [0.29, 0.717) is 6.04 Å². The number of piperazine rings is 2. The first-order chi connectivity index (χ1) is 9.65. The van der Waals surface area contributed by atoms with Gasteiger partial charge in [0.05, 0.1) is 0 Å². The second-order valence-electron chi connectivity index (χ2n) is 5.89. The van der Waals surface area contributed by atoms with Crippen molar-refractivity contribution < 1.29 is 4.79 Å². The molecule has 3 heterocycles. The fourth-order valence-corrected chi connectivity index (χ4v) is 3.18. The number of hydrogen-bond acceptors (Lipinski definition) is 4. The zero-order valence-corrected chi connectivity index (χ0v) is 12.2. The number of aryl methyl sites for hydroxylation is 1. The van der Waals surface area contributed by atoms with Crippen LogP contribution in [-0.2, 0) is 0 Å². The van der Waals surface area contributed by atoms with Crippen LogP contribution in [0.3, 0.4) is 0 Å². The molecule has 5 heteroatoms. The molecule has 3 rings (SSSR count). The molecule has 0 saturated carbocycles. The molecule has 5 nitrogen and oxygen atoms in total. The third kappa shape index (κ3) is 2.55. The third-order valence-electron chi connectivity index (χ3n) is 4.43. The van der Waals surface area contributed by atoms with Crippen LogP contribution in [0.5, 0.6) is 0 Å².